The van der Waals surface area contributed by atoms with Gasteiger partial charge in [-0.3, -0.25) is 24.7 Å². The van der Waals surface area contributed by atoms with Gasteiger partial charge in [-0.1, -0.05) is 36.4 Å². The summed E-state index contributed by atoms with van der Waals surface area (Å²) in [4.78, 5) is 61.6. The quantitative estimate of drug-likeness (QED) is 0.171. The number of urea groups is 1. The number of nitrogens with zero attached hydrogens (tertiary/aromatic N) is 1. The number of carboxylic acid groups (broad SMARTS) is 2. The molecule has 1 aliphatic heterocycles. The summed E-state index contributed by atoms with van der Waals surface area (Å²) in [6.07, 6.45) is -0.546. The number of nitrogen functional groups attached to an aromatic ring is 1. The Balaban J connectivity index is 1.77. The molecular formula is C23H23N5O7. The van der Waals surface area contributed by atoms with E-state index in [1.807, 2.05) is 0 Å². The van der Waals surface area contributed by atoms with E-state index in [4.69, 9.17) is 11.1 Å². The largest absolute Gasteiger partial charge is 0.481 e. The van der Waals surface area contributed by atoms with Crippen LogP contribution in [0.1, 0.15) is 46.4 Å². The molecule has 0 bridgehead atoms. The van der Waals surface area contributed by atoms with Crippen LogP contribution in [0.2, 0.25) is 0 Å². The number of imide groups is 1. The molecule has 12 nitrogen and oxygen atoms in total. The lowest BCUT2D eigenvalue weighted by atomic mass is 9.91. The molecule has 2 atom stereocenters. The number of carbonyl (C=O) groups is 5. The molecule has 7 N–H and O–H groups in total. The summed E-state index contributed by atoms with van der Waals surface area (Å²) in [7, 11) is 0. The first-order chi connectivity index (χ1) is 16.4. The van der Waals surface area contributed by atoms with Gasteiger partial charge in [-0.05, 0) is 30.2 Å². The van der Waals surface area contributed by atoms with Crippen LogP contribution < -0.4 is 16.4 Å². The summed E-state index contributed by atoms with van der Waals surface area (Å²) in [5, 5.41) is 30.9. The number of aromatic carboxylic acids is 1. The Labute approximate surface area is 199 Å². The summed E-state index contributed by atoms with van der Waals surface area (Å²) in [5.74, 6) is -4.13. The number of nitrogens with two attached hydrogens (primary N) is 1. The molecule has 0 aromatic heterocycles. The Bertz CT molecular complexity index is 1230. The van der Waals surface area contributed by atoms with Crippen molar-refractivity contribution in [2.75, 3.05) is 6.54 Å². The van der Waals surface area contributed by atoms with Gasteiger partial charge in [0, 0.05) is 5.56 Å². The van der Waals surface area contributed by atoms with E-state index in [9.17, 15) is 34.2 Å². The fourth-order valence-corrected chi connectivity index (χ4v) is 3.72. The summed E-state index contributed by atoms with van der Waals surface area (Å²) < 4.78 is 0. The number of benzene rings is 2. The molecular weight excluding hydrogens is 458 g/mol. The Kier molecular flexibility index (Phi) is 6.85. The molecule has 2 aromatic rings. The first-order valence-corrected chi connectivity index (χ1v) is 10.4. The van der Waals surface area contributed by atoms with Crippen molar-refractivity contribution >= 4 is 35.6 Å². The van der Waals surface area contributed by atoms with E-state index in [1.165, 1.54) is 55.5 Å². The number of carboxylic acids is 2. The summed E-state index contributed by atoms with van der Waals surface area (Å²) in [6, 6.07) is 9.67. The van der Waals surface area contributed by atoms with Gasteiger partial charge in [0.05, 0.1) is 18.0 Å². The fourth-order valence-electron chi connectivity index (χ4n) is 3.72. The molecule has 0 saturated carbocycles. The normalized spacial score (nSPS) is 18.0. The first kappa shape index (κ1) is 24.9. The predicted octanol–water partition coefficient (Wildman–Crippen LogP) is 0.768. The molecule has 0 aliphatic carbocycles. The van der Waals surface area contributed by atoms with Gasteiger partial charge in [-0.25, -0.2) is 9.59 Å². The molecule has 2 unspecified atom stereocenters. The molecule has 0 spiro atoms. The average Bonchev–Trinajstić information content (AvgIpc) is 3.02. The molecule has 3 rings (SSSR count). The van der Waals surface area contributed by atoms with Gasteiger partial charge in [0.1, 0.15) is 17.9 Å². The number of amidine groups is 1. The zero-order valence-electron chi connectivity index (χ0n) is 18.6. The number of rotatable bonds is 9. The van der Waals surface area contributed by atoms with Crippen molar-refractivity contribution in [3.05, 3.63) is 70.8 Å². The van der Waals surface area contributed by atoms with Crippen LogP contribution in [0.5, 0.6) is 0 Å². The lowest BCUT2D eigenvalue weighted by molar-refractivity contribution is -0.138. The highest BCUT2D eigenvalue weighted by molar-refractivity contribution is 6.09. The third-order valence-electron chi connectivity index (χ3n) is 5.60. The second kappa shape index (κ2) is 9.63. The molecule has 12 heteroatoms. The monoisotopic (exact) mass is 481 g/mol. The number of hydrogen-bond donors (Lipinski definition) is 6. The zero-order chi connectivity index (χ0) is 25.9. The molecule has 2 aromatic carbocycles. The number of amides is 4. The standard InChI is InChI=1S/C23H23N5O7/c1-23(15-7-5-12(6-8-15)19(24)25)21(34)28(22(35)27-23)11-17(29)26-16(10-18(30)31)13-3-2-4-14(9-13)20(32)33/h2-9,16H,10-11H2,1H3,(H3,24,25)(H,26,29)(H,27,35)(H,30,31)(H,32,33). The topological polar surface area (TPSA) is 203 Å². The maximum absolute atomic E-state index is 13.1. The molecule has 182 valence electrons. The highest BCUT2D eigenvalue weighted by Gasteiger charge is 2.49. The second-order valence-corrected chi connectivity index (χ2v) is 8.09. The minimum Gasteiger partial charge on any atom is -0.481 e. The third-order valence-corrected chi connectivity index (χ3v) is 5.60. The summed E-state index contributed by atoms with van der Waals surface area (Å²) in [6.45, 7) is 0.791. The third kappa shape index (κ3) is 5.27. The van der Waals surface area contributed by atoms with Gasteiger partial charge in [0.2, 0.25) is 5.91 Å². The molecule has 1 fully saturated rings. The Morgan fingerprint density at radius 1 is 1.11 bits per heavy atom. The number of hydrogen-bond acceptors (Lipinski definition) is 6. The van der Waals surface area contributed by atoms with Crippen LogP contribution in [0.4, 0.5) is 4.79 Å². The Hall–Kier alpha value is -4.74. The molecule has 0 radical (unpaired) electrons. The second-order valence-electron chi connectivity index (χ2n) is 8.09. The van der Waals surface area contributed by atoms with Crippen molar-refractivity contribution in [1.82, 2.24) is 15.5 Å². The van der Waals surface area contributed by atoms with Crippen molar-refractivity contribution in [3.8, 4) is 0 Å². The lowest BCUT2D eigenvalue weighted by Gasteiger charge is -2.23. The van der Waals surface area contributed by atoms with Gasteiger partial charge in [-0.15, -0.1) is 0 Å². The van der Waals surface area contributed by atoms with Gasteiger partial charge in [-0.2, -0.15) is 0 Å². The highest BCUT2D eigenvalue weighted by Crippen LogP contribution is 2.29. The van der Waals surface area contributed by atoms with E-state index >= 15 is 0 Å². The van der Waals surface area contributed by atoms with Crippen molar-refractivity contribution in [2.45, 2.75) is 24.9 Å². The first-order valence-electron chi connectivity index (χ1n) is 10.4. The van der Waals surface area contributed by atoms with Crippen LogP contribution in [0, 0.1) is 5.41 Å². The van der Waals surface area contributed by atoms with E-state index in [-0.39, 0.29) is 17.0 Å². The fraction of sp³-hybridized carbons (Fsp3) is 0.217. The molecule has 1 heterocycles. The van der Waals surface area contributed by atoms with Crippen LogP contribution in [0.15, 0.2) is 48.5 Å². The SMILES string of the molecule is CC1(c2ccc(C(=N)N)cc2)NC(=O)N(CC(=O)NC(CC(=O)O)c2cccc(C(=O)O)c2)C1=O. The predicted molar refractivity (Wildman–Crippen MR) is 122 cm³/mol. The molecule has 4 amide bonds. The lowest BCUT2D eigenvalue weighted by Crippen LogP contribution is -2.44. The van der Waals surface area contributed by atoms with E-state index in [2.05, 4.69) is 10.6 Å². The maximum atomic E-state index is 13.1. The summed E-state index contributed by atoms with van der Waals surface area (Å²) in [5.41, 5.74) is 4.97. The smallest absolute Gasteiger partial charge is 0.335 e. The van der Waals surface area contributed by atoms with Crippen LogP contribution >= 0.6 is 0 Å². The molecule has 1 aliphatic rings. The van der Waals surface area contributed by atoms with E-state index < -0.39 is 54.3 Å². The van der Waals surface area contributed by atoms with Gasteiger partial charge in [0.15, 0.2) is 0 Å². The van der Waals surface area contributed by atoms with Crippen molar-refractivity contribution in [3.63, 3.8) is 0 Å². The van der Waals surface area contributed by atoms with Crippen LogP contribution in [0.3, 0.4) is 0 Å². The Morgan fingerprint density at radius 2 is 1.77 bits per heavy atom. The maximum Gasteiger partial charge on any atom is 0.335 e. The van der Waals surface area contributed by atoms with Crippen molar-refractivity contribution < 1.29 is 34.2 Å². The van der Waals surface area contributed by atoms with Gasteiger partial charge in [0.25, 0.3) is 5.91 Å². The Morgan fingerprint density at radius 3 is 2.34 bits per heavy atom. The molecule has 1 saturated heterocycles. The number of aliphatic carboxylic acids is 1. The van der Waals surface area contributed by atoms with Crippen LogP contribution in [0.25, 0.3) is 0 Å². The van der Waals surface area contributed by atoms with E-state index in [0.717, 1.165) is 0 Å². The summed E-state index contributed by atoms with van der Waals surface area (Å²) >= 11 is 0. The van der Waals surface area contributed by atoms with Crippen LogP contribution in [-0.2, 0) is 19.9 Å². The van der Waals surface area contributed by atoms with Gasteiger partial charge >= 0.3 is 18.0 Å². The minimum atomic E-state index is -1.47. The number of nitrogens with one attached hydrogen (secondary N) is 3. The zero-order valence-corrected chi connectivity index (χ0v) is 18.6. The minimum absolute atomic E-state index is 0.0900. The highest BCUT2D eigenvalue weighted by atomic mass is 16.4. The van der Waals surface area contributed by atoms with Crippen molar-refractivity contribution in [1.29, 1.82) is 5.41 Å². The molecule has 35 heavy (non-hydrogen) atoms. The number of carbonyl (C=O) groups excluding carboxylic acids is 3. The average molecular weight is 481 g/mol. The van der Waals surface area contributed by atoms with E-state index in [1.54, 1.807) is 0 Å². The van der Waals surface area contributed by atoms with Crippen molar-refractivity contribution in [2.24, 2.45) is 5.73 Å². The van der Waals surface area contributed by atoms with Crippen LogP contribution in [-0.4, -0.2) is 57.3 Å². The van der Waals surface area contributed by atoms with E-state index in [0.29, 0.717) is 16.0 Å². The van der Waals surface area contributed by atoms with Gasteiger partial charge < -0.3 is 26.6 Å².